The number of hydrogen-bond donors (Lipinski definition) is 1. The Kier molecular flexibility index (Phi) is 3.50. The highest BCUT2D eigenvalue weighted by atomic mass is 16.5. The van der Waals surface area contributed by atoms with Crippen molar-refractivity contribution < 1.29 is 9.26 Å². The van der Waals surface area contributed by atoms with E-state index in [1.54, 1.807) is 6.20 Å². The largest absolute Gasteiger partial charge is 0.381 e. The molecule has 0 radical (unpaired) electrons. The molecular formula is C14H18N4O2. The second-order valence-corrected chi connectivity index (χ2v) is 5.27. The first-order valence-corrected chi connectivity index (χ1v) is 6.75. The molecule has 2 atom stereocenters. The van der Waals surface area contributed by atoms with Crippen molar-refractivity contribution in [1.82, 2.24) is 15.1 Å². The molecule has 6 heteroatoms. The molecule has 1 saturated heterocycles. The first-order valence-electron chi connectivity index (χ1n) is 6.75. The first kappa shape index (κ1) is 13.2. The number of ether oxygens (including phenoxy) is 1. The number of pyridine rings is 1. The summed E-state index contributed by atoms with van der Waals surface area (Å²) in [7, 11) is 0. The third-order valence-electron chi connectivity index (χ3n) is 3.60. The van der Waals surface area contributed by atoms with E-state index in [0.717, 1.165) is 23.2 Å². The molecule has 1 fully saturated rings. The summed E-state index contributed by atoms with van der Waals surface area (Å²) >= 11 is 0. The zero-order chi connectivity index (χ0) is 14.1. The number of hydrogen-bond acceptors (Lipinski definition) is 6. The van der Waals surface area contributed by atoms with Gasteiger partial charge in [0.15, 0.2) is 0 Å². The lowest BCUT2D eigenvalue weighted by Gasteiger charge is -2.25. The first-order chi connectivity index (χ1) is 9.65. The number of rotatable bonds is 2. The van der Waals surface area contributed by atoms with Crippen LogP contribution in [0.15, 0.2) is 16.8 Å². The van der Waals surface area contributed by atoms with Crippen LogP contribution < -0.4 is 5.73 Å². The van der Waals surface area contributed by atoms with Crippen LogP contribution in [-0.4, -0.2) is 34.4 Å². The molecule has 2 aromatic heterocycles. The van der Waals surface area contributed by atoms with Gasteiger partial charge in [-0.1, -0.05) is 11.2 Å². The van der Waals surface area contributed by atoms with Gasteiger partial charge in [0.1, 0.15) is 5.69 Å². The van der Waals surface area contributed by atoms with Crippen molar-refractivity contribution in [2.24, 2.45) is 5.73 Å². The summed E-state index contributed by atoms with van der Waals surface area (Å²) in [6, 6.07) is 2.05. The minimum Gasteiger partial charge on any atom is -0.381 e. The minimum absolute atomic E-state index is 0.00382. The monoisotopic (exact) mass is 274 g/mol. The van der Waals surface area contributed by atoms with Crippen LogP contribution in [0.2, 0.25) is 0 Å². The highest BCUT2D eigenvalue weighted by Crippen LogP contribution is 2.26. The Labute approximate surface area is 117 Å². The molecule has 20 heavy (non-hydrogen) atoms. The summed E-state index contributed by atoms with van der Waals surface area (Å²) in [6.45, 7) is 5.21. The fourth-order valence-electron chi connectivity index (χ4n) is 2.44. The molecule has 0 aromatic carbocycles. The molecule has 0 saturated carbocycles. The molecule has 2 N–H and O–H groups in total. The van der Waals surface area contributed by atoms with Gasteiger partial charge in [-0.3, -0.25) is 4.98 Å². The predicted molar refractivity (Wildman–Crippen MR) is 73.2 cm³/mol. The summed E-state index contributed by atoms with van der Waals surface area (Å²) in [4.78, 5) is 8.82. The zero-order valence-electron chi connectivity index (χ0n) is 11.7. The number of nitrogens with two attached hydrogens (primary N) is 1. The molecule has 0 spiro atoms. The smallest absolute Gasteiger partial charge is 0.234 e. The van der Waals surface area contributed by atoms with Gasteiger partial charge in [0.2, 0.25) is 11.7 Å². The summed E-state index contributed by atoms with van der Waals surface area (Å²) in [5.41, 5.74) is 8.97. The van der Waals surface area contributed by atoms with Crippen LogP contribution in [0.25, 0.3) is 11.5 Å². The third kappa shape index (κ3) is 2.44. The number of aromatic nitrogens is 3. The highest BCUT2D eigenvalue weighted by molar-refractivity contribution is 5.54. The van der Waals surface area contributed by atoms with Crippen molar-refractivity contribution in [3.05, 3.63) is 29.3 Å². The maximum absolute atomic E-state index is 6.09. The van der Waals surface area contributed by atoms with Gasteiger partial charge in [-0.15, -0.1) is 0 Å². The Morgan fingerprint density at radius 1 is 1.35 bits per heavy atom. The standard InChI is InChI=1S/C14H18N4O2/c1-8-5-9(2)12(16-6-8)13-17-14(20-18-13)10-7-19-4-3-11(10)15/h5-6,10-11H,3-4,7,15H2,1-2H3. The van der Waals surface area contributed by atoms with Crippen molar-refractivity contribution >= 4 is 0 Å². The van der Waals surface area contributed by atoms with E-state index in [0.29, 0.717) is 24.9 Å². The van der Waals surface area contributed by atoms with Crippen LogP contribution in [0.3, 0.4) is 0 Å². The van der Waals surface area contributed by atoms with Gasteiger partial charge in [-0.25, -0.2) is 0 Å². The fraction of sp³-hybridized carbons (Fsp3) is 0.500. The van der Waals surface area contributed by atoms with Crippen molar-refractivity contribution in [3.63, 3.8) is 0 Å². The van der Waals surface area contributed by atoms with E-state index in [9.17, 15) is 0 Å². The van der Waals surface area contributed by atoms with Crippen LogP contribution >= 0.6 is 0 Å². The molecular weight excluding hydrogens is 256 g/mol. The molecule has 3 heterocycles. The molecule has 0 aliphatic carbocycles. The Morgan fingerprint density at radius 2 is 2.20 bits per heavy atom. The van der Waals surface area contributed by atoms with Crippen molar-refractivity contribution in [2.45, 2.75) is 32.2 Å². The molecule has 0 bridgehead atoms. The van der Waals surface area contributed by atoms with Crippen LogP contribution in [0.4, 0.5) is 0 Å². The Balaban J connectivity index is 1.89. The number of aryl methyl sites for hydroxylation is 2. The summed E-state index contributed by atoms with van der Waals surface area (Å²) < 4.78 is 10.8. The minimum atomic E-state index is -0.0317. The van der Waals surface area contributed by atoms with Gasteiger partial charge in [-0.05, 0) is 31.4 Å². The van der Waals surface area contributed by atoms with Gasteiger partial charge in [0, 0.05) is 18.8 Å². The lowest BCUT2D eigenvalue weighted by Crippen LogP contribution is -2.37. The van der Waals surface area contributed by atoms with Crippen LogP contribution in [0.1, 0.15) is 29.4 Å². The van der Waals surface area contributed by atoms with Gasteiger partial charge in [0.05, 0.1) is 12.5 Å². The van der Waals surface area contributed by atoms with Gasteiger partial charge in [0.25, 0.3) is 0 Å². The van der Waals surface area contributed by atoms with E-state index in [1.807, 2.05) is 19.9 Å². The average Bonchev–Trinajstić information content (AvgIpc) is 2.88. The summed E-state index contributed by atoms with van der Waals surface area (Å²) in [5, 5.41) is 4.03. The molecule has 106 valence electrons. The van der Waals surface area contributed by atoms with E-state index in [2.05, 4.69) is 15.1 Å². The third-order valence-corrected chi connectivity index (χ3v) is 3.60. The summed E-state index contributed by atoms with van der Waals surface area (Å²) in [5.74, 6) is 1.01. The Morgan fingerprint density at radius 3 is 2.95 bits per heavy atom. The molecule has 1 aliphatic heterocycles. The quantitative estimate of drug-likeness (QED) is 0.894. The second kappa shape index (κ2) is 5.30. The van der Waals surface area contributed by atoms with E-state index >= 15 is 0 Å². The van der Waals surface area contributed by atoms with Gasteiger partial charge in [-0.2, -0.15) is 4.98 Å². The maximum atomic E-state index is 6.09. The van der Waals surface area contributed by atoms with Crippen molar-refractivity contribution in [2.75, 3.05) is 13.2 Å². The SMILES string of the molecule is Cc1cnc(-c2noc(C3COCCC3N)n2)c(C)c1. The van der Waals surface area contributed by atoms with E-state index < -0.39 is 0 Å². The van der Waals surface area contributed by atoms with E-state index in [-0.39, 0.29) is 12.0 Å². The van der Waals surface area contributed by atoms with E-state index in [1.165, 1.54) is 0 Å². The molecule has 2 unspecified atom stereocenters. The van der Waals surface area contributed by atoms with E-state index in [4.69, 9.17) is 15.0 Å². The van der Waals surface area contributed by atoms with Crippen molar-refractivity contribution in [1.29, 1.82) is 0 Å². The molecule has 0 amide bonds. The lowest BCUT2D eigenvalue weighted by atomic mass is 9.97. The van der Waals surface area contributed by atoms with Crippen LogP contribution in [-0.2, 0) is 4.74 Å². The lowest BCUT2D eigenvalue weighted by molar-refractivity contribution is 0.0590. The molecule has 2 aromatic rings. The fourth-order valence-corrected chi connectivity index (χ4v) is 2.44. The van der Waals surface area contributed by atoms with Gasteiger partial charge >= 0.3 is 0 Å². The summed E-state index contributed by atoms with van der Waals surface area (Å²) in [6.07, 6.45) is 2.61. The Hall–Kier alpha value is -1.79. The average molecular weight is 274 g/mol. The van der Waals surface area contributed by atoms with Crippen LogP contribution in [0.5, 0.6) is 0 Å². The maximum Gasteiger partial charge on any atom is 0.234 e. The molecule has 3 rings (SSSR count). The number of nitrogens with zero attached hydrogens (tertiary/aromatic N) is 3. The van der Waals surface area contributed by atoms with Crippen LogP contribution in [0, 0.1) is 13.8 Å². The molecule has 1 aliphatic rings. The zero-order valence-corrected chi connectivity index (χ0v) is 11.7. The Bertz CT molecular complexity index is 611. The highest BCUT2D eigenvalue weighted by Gasteiger charge is 2.29. The van der Waals surface area contributed by atoms with Crippen molar-refractivity contribution in [3.8, 4) is 11.5 Å². The van der Waals surface area contributed by atoms with Gasteiger partial charge < -0.3 is 15.0 Å². The topological polar surface area (TPSA) is 87.1 Å². The predicted octanol–water partition coefficient (Wildman–Crippen LogP) is 1.58. The molecule has 6 nitrogen and oxygen atoms in total. The second-order valence-electron chi connectivity index (χ2n) is 5.27. The normalized spacial score (nSPS) is 22.9.